The van der Waals surface area contributed by atoms with Crippen LogP contribution in [-0.2, 0) is 4.79 Å². The molecule has 17 heavy (non-hydrogen) atoms. The van der Waals surface area contributed by atoms with Gasteiger partial charge < -0.3 is 10.6 Å². The van der Waals surface area contributed by atoms with Crippen molar-refractivity contribution in [2.45, 2.75) is 52.1 Å². The van der Waals surface area contributed by atoms with E-state index >= 15 is 0 Å². The summed E-state index contributed by atoms with van der Waals surface area (Å²) in [6.07, 6.45) is 3.41. The zero-order valence-electron chi connectivity index (χ0n) is 11.3. The second kappa shape index (κ2) is 7.98. The van der Waals surface area contributed by atoms with Gasteiger partial charge in [0.15, 0.2) is 0 Å². The normalized spacial score (nSPS) is 26.5. The smallest absolute Gasteiger partial charge is 0.237 e. The minimum Gasteiger partial charge on any atom is -0.352 e. The van der Waals surface area contributed by atoms with E-state index in [0.717, 1.165) is 30.9 Å². The second-order valence-electron chi connectivity index (χ2n) is 4.95. The van der Waals surface area contributed by atoms with Gasteiger partial charge in [-0.15, -0.1) is 0 Å². The van der Waals surface area contributed by atoms with E-state index in [9.17, 15) is 4.79 Å². The molecule has 3 nitrogen and oxygen atoms in total. The van der Waals surface area contributed by atoms with Crippen LogP contribution >= 0.6 is 11.8 Å². The maximum Gasteiger partial charge on any atom is 0.237 e. The summed E-state index contributed by atoms with van der Waals surface area (Å²) in [6, 6.07) is 0.308. The van der Waals surface area contributed by atoms with Crippen LogP contribution in [0.4, 0.5) is 0 Å². The van der Waals surface area contributed by atoms with Gasteiger partial charge in [-0.1, -0.05) is 13.8 Å². The third-order valence-corrected chi connectivity index (χ3v) is 4.27. The van der Waals surface area contributed by atoms with Gasteiger partial charge in [0, 0.05) is 6.04 Å². The number of rotatable bonds is 6. The summed E-state index contributed by atoms with van der Waals surface area (Å²) in [4.78, 5) is 12.1. The molecule has 0 radical (unpaired) electrons. The van der Waals surface area contributed by atoms with Crippen molar-refractivity contribution in [1.29, 1.82) is 0 Å². The van der Waals surface area contributed by atoms with Crippen LogP contribution in [0.5, 0.6) is 0 Å². The summed E-state index contributed by atoms with van der Waals surface area (Å²) in [5.74, 6) is 2.93. The topological polar surface area (TPSA) is 41.1 Å². The summed E-state index contributed by atoms with van der Waals surface area (Å²) in [7, 11) is 0. The molecule has 3 atom stereocenters. The molecular formula is C13H26N2OS. The standard InChI is InChI=1S/C13H26N2OS/c1-4-17-9-7-11(3)15-13(16)12-10(2)6-5-8-14-12/h10-12,14H,4-9H2,1-3H3,(H,15,16). The van der Waals surface area contributed by atoms with Crippen molar-refractivity contribution in [3.05, 3.63) is 0 Å². The minimum atomic E-state index is 0.0185. The highest BCUT2D eigenvalue weighted by molar-refractivity contribution is 7.99. The average molecular weight is 258 g/mol. The molecule has 1 amide bonds. The number of carbonyl (C=O) groups is 1. The summed E-state index contributed by atoms with van der Waals surface area (Å²) < 4.78 is 0. The van der Waals surface area contributed by atoms with Crippen LogP contribution in [0.3, 0.4) is 0 Å². The van der Waals surface area contributed by atoms with Crippen molar-refractivity contribution in [2.75, 3.05) is 18.1 Å². The Morgan fingerprint density at radius 1 is 1.59 bits per heavy atom. The Balaban J connectivity index is 2.27. The van der Waals surface area contributed by atoms with Gasteiger partial charge in [0.1, 0.15) is 0 Å². The molecule has 4 heteroatoms. The number of piperidine rings is 1. The monoisotopic (exact) mass is 258 g/mol. The maximum atomic E-state index is 12.1. The predicted octanol–water partition coefficient (Wildman–Crippen LogP) is 2.02. The Morgan fingerprint density at radius 3 is 3.00 bits per heavy atom. The highest BCUT2D eigenvalue weighted by Gasteiger charge is 2.27. The third-order valence-electron chi connectivity index (χ3n) is 3.34. The highest BCUT2D eigenvalue weighted by atomic mass is 32.2. The van der Waals surface area contributed by atoms with Gasteiger partial charge in [-0.3, -0.25) is 4.79 Å². The SMILES string of the molecule is CCSCCC(C)NC(=O)C1NCCCC1C. The van der Waals surface area contributed by atoms with Crippen LogP contribution in [-0.4, -0.2) is 36.0 Å². The van der Waals surface area contributed by atoms with Crippen molar-refractivity contribution < 1.29 is 4.79 Å². The molecule has 2 N–H and O–H groups in total. The van der Waals surface area contributed by atoms with Gasteiger partial charge in [-0.05, 0) is 50.2 Å². The fourth-order valence-corrected chi connectivity index (χ4v) is 3.02. The summed E-state index contributed by atoms with van der Waals surface area (Å²) in [5.41, 5.74) is 0. The van der Waals surface area contributed by atoms with E-state index in [4.69, 9.17) is 0 Å². The van der Waals surface area contributed by atoms with Crippen molar-refractivity contribution >= 4 is 17.7 Å². The fraction of sp³-hybridized carbons (Fsp3) is 0.923. The van der Waals surface area contributed by atoms with E-state index in [-0.39, 0.29) is 18.0 Å². The first-order valence-electron chi connectivity index (χ1n) is 6.76. The summed E-state index contributed by atoms with van der Waals surface area (Å²) >= 11 is 1.93. The molecule has 1 heterocycles. The first kappa shape index (κ1) is 14.8. The molecule has 1 aliphatic heterocycles. The molecule has 0 bridgehead atoms. The number of hydrogen-bond acceptors (Lipinski definition) is 3. The van der Waals surface area contributed by atoms with Crippen molar-refractivity contribution in [3.8, 4) is 0 Å². The molecule has 1 rings (SSSR count). The molecule has 0 aromatic heterocycles. The molecule has 1 saturated heterocycles. The van der Waals surface area contributed by atoms with Crippen molar-refractivity contribution in [3.63, 3.8) is 0 Å². The van der Waals surface area contributed by atoms with Crippen molar-refractivity contribution in [1.82, 2.24) is 10.6 Å². The largest absolute Gasteiger partial charge is 0.352 e. The quantitative estimate of drug-likeness (QED) is 0.716. The number of carbonyl (C=O) groups excluding carboxylic acids is 1. The molecule has 0 spiro atoms. The lowest BCUT2D eigenvalue weighted by Gasteiger charge is -2.30. The molecule has 1 fully saturated rings. The first-order chi connectivity index (χ1) is 8.15. The molecule has 1 aliphatic rings. The lowest BCUT2D eigenvalue weighted by molar-refractivity contribution is -0.125. The van der Waals surface area contributed by atoms with Crippen molar-refractivity contribution in [2.24, 2.45) is 5.92 Å². The molecule has 100 valence electrons. The second-order valence-corrected chi connectivity index (χ2v) is 6.34. The molecule has 0 aromatic rings. The molecule has 0 saturated carbocycles. The van der Waals surface area contributed by atoms with Crippen LogP contribution in [0.25, 0.3) is 0 Å². The van der Waals surface area contributed by atoms with Gasteiger partial charge in [0.25, 0.3) is 0 Å². The van der Waals surface area contributed by atoms with Gasteiger partial charge in [-0.2, -0.15) is 11.8 Å². The Hall–Kier alpha value is -0.220. The Morgan fingerprint density at radius 2 is 2.35 bits per heavy atom. The predicted molar refractivity (Wildman–Crippen MR) is 75.4 cm³/mol. The third kappa shape index (κ3) is 5.30. The number of amides is 1. The molecular weight excluding hydrogens is 232 g/mol. The fourth-order valence-electron chi connectivity index (χ4n) is 2.21. The Labute approximate surface area is 109 Å². The van der Waals surface area contributed by atoms with E-state index < -0.39 is 0 Å². The first-order valence-corrected chi connectivity index (χ1v) is 7.92. The summed E-state index contributed by atoms with van der Waals surface area (Å²) in [5, 5.41) is 6.45. The van der Waals surface area contributed by atoms with Crippen LogP contribution in [0.1, 0.15) is 40.0 Å². The molecule has 0 aromatic carbocycles. The minimum absolute atomic E-state index is 0.0185. The Kier molecular flexibility index (Phi) is 6.97. The van der Waals surface area contributed by atoms with E-state index in [1.54, 1.807) is 0 Å². The van der Waals surface area contributed by atoms with Crippen LogP contribution in [0.2, 0.25) is 0 Å². The van der Waals surface area contributed by atoms with E-state index in [1.165, 1.54) is 6.42 Å². The number of hydrogen-bond donors (Lipinski definition) is 2. The highest BCUT2D eigenvalue weighted by Crippen LogP contribution is 2.15. The maximum absolute atomic E-state index is 12.1. The Bertz CT molecular complexity index is 235. The summed E-state index contributed by atoms with van der Waals surface area (Å²) in [6.45, 7) is 7.40. The van der Waals surface area contributed by atoms with Gasteiger partial charge in [0.05, 0.1) is 6.04 Å². The van der Waals surface area contributed by atoms with Crippen LogP contribution in [0.15, 0.2) is 0 Å². The lowest BCUT2D eigenvalue weighted by Crippen LogP contribution is -2.52. The van der Waals surface area contributed by atoms with E-state index in [0.29, 0.717) is 5.92 Å². The van der Waals surface area contributed by atoms with Gasteiger partial charge >= 0.3 is 0 Å². The van der Waals surface area contributed by atoms with Crippen LogP contribution in [0, 0.1) is 5.92 Å². The lowest BCUT2D eigenvalue weighted by atomic mass is 9.92. The molecule has 0 aliphatic carbocycles. The van der Waals surface area contributed by atoms with E-state index in [1.807, 2.05) is 11.8 Å². The van der Waals surface area contributed by atoms with E-state index in [2.05, 4.69) is 31.4 Å². The van der Waals surface area contributed by atoms with Gasteiger partial charge in [0.2, 0.25) is 5.91 Å². The molecule has 3 unspecified atom stereocenters. The number of thioether (sulfide) groups is 1. The zero-order chi connectivity index (χ0) is 12.7. The van der Waals surface area contributed by atoms with Gasteiger partial charge in [-0.25, -0.2) is 0 Å². The zero-order valence-corrected chi connectivity index (χ0v) is 12.1. The number of nitrogens with one attached hydrogen (secondary N) is 2. The van der Waals surface area contributed by atoms with Crippen LogP contribution < -0.4 is 10.6 Å². The average Bonchev–Trinajstić information content (AvgIpc) is 2.29.